The number of pyridine rings is 1. The van der Waals surface area contributed by atoms with Gasteiger partial charge in [0.2, 0.25) is 5.88 Å². The van der Waals surface area contributed by atoms with E-state index in [-0.39, 0.29) is 18.1 Å². The fraction of sp³-hybridized carbons (Fsp3) is 0.481. The van der Waals surface area contributed by atoms with Crippen LogP contribution >= 0.6 is 11.6 Å². The van der Waals surface area contributed by atoms with Crippen LogP contribution in [0.15, 0.2) is 42.6 Å². The Hall–Kier alpha value is -3.13. The molecule has 0 bridgehead atoms. The van der Waals surface area contributed by atoms with Crippen molar-refractivity contribution >= 4 is 17.7 Å². The number of carbonyl (C=O) groups excluding carboxylic acids is 1. The van der Waals surface area contributed by atoms with Gasteiger partial charge in [0.05, 0.1) is 5.69 Å². The zero-order valence-electron chi connectivity index (χ0n) is 20.9. The minimum Gasteiger partial charge on any atom is -0.474 e. The van der Waals surface area contributed by atoms with Gasteiger partial charge in [-0.2, -0.15) is 0 Å². The number of hydrogen-bond donors (Lipinski definition) is 1. The van der Waals surface area contributed by atoms with Gasteiger partial charge in [-0.25, -0.2) is 9.78 Å². The Morgan fingerprint density at radius 3 is 2.61 bits per heavy atom. The molecule has 1 atom stereocenters. The zero-order chi connectivity index (χ0) is 25.3. The monoisotopic (exact) mass is 509 g/mol. The van der Waals surface area contributed by atoms with Gasteiger partial charge in [0.15, 0.2) is 0 Å². The molecule has 1 aliphatic carbocycles. The van der Waals surface area contributed by atoms with Gasteiger partial charge in [-0.3, -0.25) is 4.57 Å². The Balaban J connectivity index is 1.36. The predicted octanol–water partition coefficient (Wildman–Crippen LogP) is 5.41. The van der Waals surface area contributed by atoms with Crippen molar-refractivity contribution in [2.24, 2.45) is 0 Å². The summed E-state index contributed by atoms with van der Waals surface area (Å²) in [5.41, 5.74) is 1.51. The lowest BCUT2D eigenvalue weighted by molar-refractivity contribution is 0.0504. The van der Waals surface area contributed by atoms with Crippen LogP contribution in [0.4, 0.5) is 4.79 Å². The predicted molar refractivity (Wildman–Crippen MR) is 137 cm³/mol. The minimum atomic E-state index is -0.567. The number of carbonyl (C=O) groups is 1. The smallest absolute Gasteiger partial charge is 0.407 e. The maximum atomic E-state index is 12.5. The van der Waals surface area contributed by atoms with E-state index in [4.69, 9.17) is 21.1 Å². The fourth-order valence-electron chi connectivity index (χ4n) is 5.09. The molecule has 8 nitrogen and oxygen atoms in total. The van der Waals surface area contributed by atoms with Crippen LogP contribution in [0.25, 0.3) is 5.69 Å². The second kappa shape index (κ2) is 10.1. The summed E-state index contributed by atoms with van der Waals surface area (Å²) in [5, 5.41) is 12.9. The number of rotatable bonds is 4. The SMILES string of the molecule is CC(C)(C)OC(=O)N[C@H]1Cc2cc(Cl)ccc2-n2c(nnc2[C@H]2CC[C@H](Oc3ccccn3)CC2)C1. The number of alkyl carbamates (subject to hydrolysis) is 1. The van der Waals surface area contributed by atoms with Crippen LogP contribution in [0.3, 0.4) is 0 Å². The largest absolute Gasteiger partial charge is 0.474 e. The van der Waals surface area contributed by atoms with Gasteiger partial charge < -0.3 is 14.8 Å². The van der Waals surface area contributed by atoms with E-state index in [1.807, 2.05) is 57.2 Å². The summed E-state index contributed by atoms with van der Waals surface area (Å²) in [6.45, 7) is 5.56. The normalized spacial score (nSPS) is 21.6. The third kappa shape index (κ3) is 5.64. The van der Waals surface area contributed by atoms with Gasteiger partial charge in [-0.05, 0) is 82.7 Å². The van der Waals surface area contributed by atoms with Crippen molar-refractivity contribution < 1.29 is 14.3 Å². The molecule has 3 heterocycles. The topological polar surface area (TPSA) is 91.2 Å². The van der Waals surface area contributed by atoms with Gasteiger partial charge in [0.1, 0.15) is 23.4 Å². The summed E-state index contributed by atoms with van der Waals surface area (Å²) >= 11 is 6.37. The number of fused-ring (bicyclic) bond motifs is 3. The van der Waals surface area contributed by atoms with Gasteiger partial charge in [-0.1, -0.05) is 17.7 Å². The van der Waals surface area contributed by atoms with Crippen LogP contribution in [0.5, 0.6) is 5.88 Å². The van der Waals surface area contributed by atoms with Crippen molar-refractivity contribution in [3.8, 4) is 11.6 Å². The highest BCUT2D eigenvalue weighted by atomic mass is 35.5. The van der Waals surface area contributed by atoms with Crippen molar-refractivity contribution in [2.45, 2.75) is 83.0 Å². The summed E-state index contributed by atoms with van der Waals surface area (Å²) in [4.78, 5) is 16.8. The third-order valence-corrected chi connectivity index (χ3v) is 6.85. The molecule has 1 amide bonds. The molecule has 0 unspecified atom stereocenters. The molecule has 1 aliphatic heterocycles. The molecule has 0 saturated heterocycles. The maximum Gasteiger partial charge on any atom is 0.407 e. The Bertz CT molecular complexity index is 1220. The molecule has 2 aliphatic rings. The summed E-state index contributed by atoms with van der Waals surface area (Å²) in [7, 11) is 0. The highest BCUT2D eigenvalue weighted by Crippen LogP contribution is 2.37. The van der Waals surface area contributed by atoms with E-state index >= 15 is 0 Å². The van der Waals surface area contributed by atoms with E-state index in [2.05, 4.69) is 25.1 Å². The number of aromatic nitrogens is 4. The van der Waals surface area contributed by atoms with E-state index in [0.29, 0.717) is 23.7 Å². The summed E-state index contributed by atoms with van der Waals surface area (Å²) in [6, 6.07) is 11.4. The first-order valence-electron chi connectivity index (χ1n) is 12.6. The van der Waals surface area contributed by atoms with Crippen molar-refractivity contribution in [1.29, 1.82) is 0 Å². The van der Waals surface area contributed by atoms with Gasteiger partial charge >= 0.3 is 6.09 Å². The molecule has 3 aromatic rings. The number of ether oxygens (including phenoxy) is 2. The Morgan fingerprint density at radius 1 is 1.08 bits per heavy atom. The quantitative estimate of drug-likeness (QED) is 0.505. The molecular weight excluding hydrogens is 478 g/mol. The Morgan fingerprint density at radius 2 is 1.89 bits per heavy atom. The van der Waals surface area contributed by atoms with Gasteiger partial charge in [-0.15, -0.1) is 10.2 Å². The molecule has 36 heavy (non-hydrogen) atoms. The molecule has 1 fully saturated rings. The second-order valence-electron chi connectivity index (χ2n) is 10.6. The lowest BCUT2D eigenvalue weighted by Crippen LogP contribution is -2.41. The van der Waals surface area contributed by atoms with Crippen LogP contribution < -0.4 is 10.1 Å². The molecule has 2 aromatic heterocycles. The first-order chi connectivity index (χ1) is 17.2. The van der Waals surface area contributed by atoms with Crippen molar-refractivity contribution in [3.05, 3.63) is 64.8 Å². The molecule has 1 N–H and O–H groups in total. The lowest BCUT2D eigenvalue weighted by Gasteiger charge is -2.28. The van der Waals surface area contributed by atoms with E-state index in [1.54, 1.807) is 6.20 Å². The number of halogens is 1. The molecule has 9 heteroatoms. The van der Waals surface area contributed by atoms with Crippen LogP contribution in [-0.2, 0) is 17.6 Å². The number of hydrogen-bond acceptors (Lipinski definition) is 6. The molecule has 1 saturated carbocycles. The van der Waals surface area contributed by atoms with Crippen molar-refractivity contribution in [2.75, 3.05) is 0 Å². The number of nitrogens with zero attached hydrogens (tertiary/aromatic N) is 4. The molecule has 5 rings (SSSR count). The average Bonchev–Trinajstić information content (AvgIpc) is 3.15. The van der Waals surface area contributed by atoms with Gasteiger partial charge in [0, 0.05) is 35.7 Å². The van der Waals surface area contributed by atoms with Crippen LogP contribution in [0, 0.1) is 0 Å². The number of benzene rings is 1. The van der Waals surface area contributed by atoms with Crippen LogP contribution in [0.2, 0.25) is 5.02 Å². The van der Waals surface area contributed by atoms with E-state index in [9.17, 15) is 4.79 Å². The number of nitrogens with one attached hydrogen (secondary N) is 1. The van der Waals surface area contributed by atoms with E-state index in [1.165, 1.54) is 0 Å². The van der Waals surface area contributed by atoms with Gasteiger partial charge in [0.25, 0.3) is 0 Å². The molecule has 1 aromatic carbocycles. The average molecular weight is 510 g/mol. The van der Waals surface area contributed by atoms with E-state index < -0.39 is 11.7 Å². The molecular formula is C27H32ClN5O3. The molecule has 0 radical (unpaired) electrons. The standard InChI is InChI=1S/C27H32ClN5O3/c1-27(2,3)36-26(34)30-20-15-18-14-19(28)9-12-22(18)33-23(16-20)31-32-25(33)17-7-10-21(11-8-17)35-24-6-4-5-13-29-24/h4-6,9,12-14,17,20-21H,7-8,10-11,15-16H2,1-3H3,(H,30,34)/t17-,20-,21-/m0/s1. The highest BCUT2D eigenvalue weighted by Gasteiger charge is 2.32. The Kier molecular flexibility index (Phi) is 6.88. The van der Waals surface area contributed by atoms with Crippen molar-refractivity contribution in [3.63, 3.8) is 0 Å². The summed E-state index contributed by atoms with van der Waals surface area (Å²) in [6.07, 6.45) is 6.42. The molecule has 0 spiro atoms. The van der Waals surface area contributed by atoms with Crippen LogP contribution in [-0.4, -0.2) is 43.6 Å². The highest BCUT2D eigenvalue weighted by molar-refractivity contribution is 6.30. The summed E-state index contributed by atoms with van der Waals surface area (Å²) in [5.74, 6) is 2.74. The third-order valence-electron chi connectivity index (χ3n) is 6.62. The Labute approximate surface area is 216 Å². The summed E-state index contributed by atoms with van der Waals surface area (Å²) < 4.78 is 13.8. The first-order valence-corrected chi connectivity index (χ1v) is 12.9. The fourth-order valence-corrected chi connectivity index (χ4v) is 5.28. The molecule has 190 valence electrons. The lowest BCUT2D eigenvalue weighted by atomic mass is 9.86. The van der Waals surface area contributed by atoms with Crippen molar-refractivity contribution in [1.82, 2.24) is 25.1 Å². The number of amides is 1. The first kappa shape index (κ1) is 24.6. The zero-order valence-corrected chi connectivity index (χ0v) is 21.7. The maximum absolute atomic E-state index is 12.5. The van der Waals surface area contributed by atoms with Crippen LogP contribution in [0.1, 0.15) is 69.6 Å². The second-order valence-corrected chi connectivity index (χ2v) is 11.0. The van der Waals surface area contributed by atoms with E-state index in [0.717, 1.165) is 48.6 Å². The minimum absolute atomic E-state index is 0.149.